The average Bonchev–Trinajstić information content (AvgIpc) is 2.92. The maximum absolute atomic E-state index is 12.2. The quantitative estimate of drug-likeness (QED) is 0.759. The van der Waals surface area contributed by atoms with Crippen molar-refractivity contribution in [2.45, 2.75) is 33.1 Å². The first-order valence-corrected chi connectivity index (χ1v) is 7.77. The van der Waals surface area contributed by atoms with Gasteiger partial charge < -0.3 is 9.72 Å². The minimum Gasteiger partial charge on any atom is -0.494 e. The molecule has 3 rings (SSSR count). The van der Waals surface area contributed by atoms with E-state index in [0.29, 0.717) is 29.9 Å². The number of H-pyrrole nitrogens is 2. The zero-order valence-electron chi connectivity index (χ0n) is 13.5. The van der Waals surface area contributed by atoms with Gasteiger partial charge in [0, 0.05) is 6.42 Å². The summed E-state index contributed by atoms with van der Waals surface area (Å²) in [5.74, 6) is 1.64. The third-order valence-corrected chi connectivity index (χ3v) is 3.63. The molecule has 6 heteroatoms. The Morgan fingerprint density at radius 1 is 1.30 bits per heavy atom. The highest BCUT2D eigenvalue weighted by molar-refractivity contribution is 5.76. The molecule has 0 atom stereocenters. The monoisotopic (exact) mass is 312 g/mol. The van der Waals surface area contributed by atoms with E-state index in [1.165, 1.54) is 0 Å². The van der Waals surface area contributed by atoms with E-state index in [1.54, 1.807) is 0 Å². The van der Waals surface area contributed by atoms with E-state index < -0.39 is 0 Å². The molecular formula is C17H20N4O2. The summed E-state index contributed by atoms with van der Waals surface area (Å²) >= 11 is 0. The van der Waals surface area contributed by atoms with E-state index in [1.807, 2.05) is 45.0 Å². The van der Waals surface area contributed by atoms with Crippen LogP contribution in [0, 0.1) is 0 Å². The topological polar surface area (TPSA) is 83.7 Å². The summed E-state index contributed by atoms with van der Waals surface area (Å²) in [4.78, 5) is 19.6. The summed E-state index contributed by atoms with van der Waals surface area (Å²) in [5, 5.41) is 6.99. The van der Waals surface area contributed by atoms with Gasteiger partial charge in [-0.25, -0.2) is 4.98 Å². The van der Waals surface area contributed by atoms with Gasteiger partial charge in [-0.15, -0.1) is 0 Å². The van der Waals surface area contributed by atoms with Crippen molar-refractivity contribution in [1.82, 2.24) is 20.2 Å². The predicted molar refractivity (Wildman–Crippen MR) is 89.0 cm³/mol. The molecule has 0 aliphatic carbocycles. The molecule has 1 aromatic carbocycles. The SMILES string of the molecule is CCOc1cccc(Cc2nc3c(C(C)C)n[nH]c3c(=O)[nH]2)c1. The van der Waals surface area contributed by atoms with Crippen molar-refractivity contribution in [3.63, 3.8) is 0 Å². The highest BCUT2D eigenvalue weighted by Gasteiger charge is 2.14. The van der Waals surface area contributed by atoms with Crippen LogP contribution in [0.15, 0.2) is 29.1 Å². The van der Waals surface area contributed by atoms with Gasteiger partial charge in [-0.1, -0.05) is 26.0 Å². The van der Waals surface area contributed by atoms with Gasteiger partial charge in [-0.05, 0) is 30.5 Å². The number of fused-ring (bicyclic) bond motifs is 1. The zero-order chi connectivity index (χ0) is 16.4. The molecule has 23 heavy (non-hydrogen) atoms. The van der Waals surface area contributed by atoms with Crippen molar-refractivity contribution >= 4 is 11.0 Å². The lowest BCUT2D eigenvalue weighted by molar-refractivity contribution is 0.340. The molecule has 0 saturated carbocycles. The number of benzene rings is 1. The molecule has 0 amide bonds. The molecule has 0 saturated heterocycles. The van der Waals surface area contributed by atoms with Crippen molar-refractivity contribution in [3.05, 3.63) is 51.7 Å². The minimum atomic E-state index is -0.189. The van der Waals surface area contributed by atoms with E-state index in [9.17, 15) is 4.79 Å². The van der Waals surface area contributed by atoms with Crippen LogP contribution in [-0.2, 0) is 6.42 Å². The molecule has 0 fully saturated rings. The molecule has 0 unspecified atom stereocenters. The van der Waals surface area contributed by atoms with Crippen molar-refractivity contribution < 1.29 is 4.74 Å². The number of hydrogen-bond donors (Lipinski definition) is 2. The Balaban J connectivity index is 1.98. The first kappa shape index (κ1) is 15.3. The Hall–Kier alpha value is -2.63. The number of aromatic amines is 2. The summed E-state index contributed by atoms with van der Waals surface area (Å²) in [6.45, 7) is 6.64. The lowest BCUT2D eigenvalue weighted by atomic mass is 10.1. The van der Waals surface area contributed by atoms with Crippen LogP contribution in [0.25, 0.3) is 11.0 Å². The number of rotatable bonds is 5. The van der Waals surface area contributed by atoms with Crippen LogP contribution in [0.4, 0.5) is 0 Å². The van der Waals surface area contributed by atoms with E-state index in [0.717, 1.165) is 17.0 Å². The van der Waals surface area contributed by atoms with Gasteiger partial charge in [0.1, 0.15) is 22.6 Å². The van der Waals surface area contributed by atoms with Crippen LogP contribution in [-0.4, -0.2) is 26.8 Å². The molecule has 3 aromatic rings. The third kappa shape index (κ3) is 3.11. The number of nitrogens with zero attached hydrogens (tertiary/aromatic N) is 2. The Morgan fingerprint density at radius 2 is 2.13 bits per heavy atom. The second-order valence-electron chi connectivity index (χ2n) is 5.76. The Kier molecular flexibility index (Phi) is 4.14. The van der Waals surface area contributed by atoms with E-state index in [4.69, 9.17) is 4.74 Å². The summed E-state index contributed by atoms with van der Waals surface area (Å²) in [6, 6.07) is 7.81. The van der Waals surface area contributed by atoms with E-state index >= 15 is 0 Å². The van der Waals surface area contributed by atoms with Crippen LogP contribution < -0.4 is 10.3 Å². The maximum Gasteiger partial charge on any atom is 0.276 e. The fourth-order valence-corrected chi connectivity index (χ4v) is 2.57. The maximum atomic E-state index is 12.2. The average molecular weight is 312 g/mol. The fourth-order valence-electron chi connectivity index (χ4n) is 2.57. The summed E-state index contributed by atoms with van der Waals surface area (Å²) in [5.41, 5.74) is 2.74. The van der Waals surface area contributed by atoms with Crippen LogP contribution in [0.1, 0.15) is 43.8 Å². The fraction of sp³-hybridized carbons (Fsp3) is 0.353. The highest BCUT2D eigenvalue weighted by Crippen LogP contribution is 2.20. The van der Waals surface area contributed by atoms with E-state index in [-0.39, 0.29) is 11.5 Å². The number of nitrogens with one attached hydrogen (secondary N) is 2. The number of hydrogen-bond acceptors (Lipinski definition) is 4. The Labute approximate surface area is 133 Å². The minimum absolute atomic E-state index is 0.189. The van der Waals surface area contributed by atoms with Crippen LogP contribution in [0.3, 0.4) is 0 Å². The first-order valence-electron chi connectivity index (χ1n) is 7.77. The number of ether oxygens (including phenoxy) is 1. The van der Waals surface area contributed by atoms with Gasteiger partial charge >= 0.3 is 0 Å². The molecule has 0 spiro atoms. The summed E-state index contributed by atoms with van der Waals surface area (Å²) in [7, 11) is 0. The molecule has 2 heterocycles. The summed E-state index contributed by atoms with van der Waals surface area (Å²) in [6.07, 6.45) is 0.537. The van der Waals surface area contributed by atoms with Crippen LogP contribution in [0.5, 0.6) is 5.75 Å². The molecule has 2 N–H and O–H groups in total. The van der Waals surface area contributed by atoms with Gasteiger partial charge in [0.2, 0.25) is 0 Å². The molecular weight excluding hydrogens is 292 g/mol. The van der Waals surface area contributed by atoms with Gasteiger partial charge in [-0.2, -0.15) is 5.10 Å². The van der Waals surface area contributed by atoms with Crippen molar-refractivity contribution in [2.75, 3.05) is 6.61 Å². The van der Waals surface area contributed by atoms with Gasteiger partial charge in [0.05, 0.1) is 12.3 Å². The lowest BCUT2D eigenvalue weighted by Gasteiger charge is -2.06. The van der Waals surface area contributed by atoms with Gasteiger partial charge in [-0.3, -0.25) is 9.89 Å². The smallest absolute Gasteiger partial charge is 0.276 e. The second kappa shape index (κ2) is 6.24. The predicted octanol–water partition coefficient (Wildman–Crippen LogP) is 2.76. The van der Waals surface area contributed by atoms with E-state index in [2.05, 4.69) is 20.2 Å². The highest BCUT2D eigenvalue weighted by atomic mass is 16.5. The number of aromatic nitrogens is 4. The Morgan fingerprint density at radius 3 is 2.87 bits per heavy atom. The standard InChI is InChI=1S/C17H20N4O2/c1-4-23-12-7-5-6-11(8-12)9-13-18-15-14(10(2)3)20-21-16(15)17(22)19-13/h5-8,10H,4,9H2,1-3H3,(H,20,21)(H,18,19,22). The van der Waals surface area contributed by atoms with Crippen molar-refractivity contribution in [2.24, 2.45) is 0 Å². The third-order valence-electron chi connectivity index (χ3n) is 3.63. The molecule has 0 radical (unpaired) electrons. The molecule has 0 aliphatic rings. The van der Waals surface area contributed by atoms with Gasteiger partial charge in [0.15, 0.2) is 0 Å². The van der Waals surface area contributed by atoms with Crippen molar-refractivity contribution in [1.29, 1.82) is 0 Å². The molecule has 0 aliphatic heterocycles. The molecule has 2 aromatic heterocycles. The van der Waals surface area contributed by atoms with Crippen LogP contribution >= 0.6 is 0 Å². The zero-order valence-corrected chi connectivity index (χ0v) is 13.5. The second-order valence-corrected chi connectivity index (χ2v) is 5.76. The molecule has 120 valence electrons. The van der Waals surface area contributed by atoms with Gasteiger partial charge in [0.25, 0.3) is 5.56 Å². The largest absolute Gasteiger partial charge is 0.494 e. The van der Waals surface area contributed by atoms with Crippen molar-refractivity contribution in [3.8, 4) is 5.75 Å². The normalized spacial score (nSPS) is 11.3. The lowest BCUT2D eigenvalue weighted by Crippen LogP contribution is -2.12. The summed E-state index contributed by atoms with van der Waals surface area (Å²) < 4.78 is 5.51. The molecule has 0 bridgehead atoms. The van der Waals surface area contributed by atoms with Crippen LogP contribution in [0.2, 0.25) is 0 Å². The molecule has 6 nitrogen and oxygen atoms in total. The Bertz CT molecular complexity index is 880. The first-order chi connectivity index (χ1) is 11.1.